The summed E-state index contributed by atoms with van der Waals surface area (Å²) in [7, 11) is 1.66. The van der Waals surface area contributed by atoms with E-state index in [-0.39, 0.29) is 11.3 Å². The molecule has 2 aromatic rings. The van der Waals surface area contributed by atoms with Gasteiger partial charge in [-0.25, -0.2) is 0 Å². The van der Waals surface area contributed by atoms with E-state index >= 15 is 0 Å². The molecule has 0 aliphatic carbocycles. The maximum absolute atomic E-state index is 12.2. The van der Waals surface area contributed by atoms with E-state index in [1.807, 2.05) is 4.57 Å². The number of amides is 1. The Morgan fingerprint density at radius 3 is 2.54 bits per heavy atom. The highest BCUT2D eigenvalue weighted by molar-refractivity contribution is 7.99. The standard InChI is InChI=1S/C21H32N4O2S/c1-15-11-17(21(3,4)5)12-16(2)18(15)7-8-22-19(26)13-28-20-24-23-14-25(20)9-10-27-6/h11-12,14H,7-10,13H2,1-6H3,(H,22,26). The first-order valence-electron chi connectivity index (χ1n) is 9.59. The Kier molecular flexibility index (Phi) is 8.07. The van der Waals surface area contributed by atoms with Crippen molar-refractivity contribution in [3.8, 4) is 0 Å². The number of aryl methyl sites for hydroxylation is 2. The van der Waals surface area contributed by atoms with Crippen molar-refractivity contribution in [1.29, 1.82) is 0 Å². The molecule has 1 N–H and O–H groups in total. The average Bonchev–Trinajstić information content (AvgIpc) is 3.06. The van der Waals surface area contributed by atoms with Gasteiger partial charge in [-0.15, -0.1) is 10.2 Å². The lowest BCUT2D eigenvalue weighted by Gasteiger charge is -2.22. The van der Waals surface area contributed by atoms with Gasteiger partial charge in [0.05, 0.1) is 12.4 Å². The number of benzene rings is 1. The van der Waals surface area contributed by atoms with Crippen molar-refractivity contribution in [2.75, 3.05) is 26.0 Å². The van der Waals surface area contributed by atoms with Crippen LogP contribution in [0.15, 0.2) is 23.6 Å². The molecule has 1 aromatic carbocycles. The van der Waals surface area contributed by atoms with E-state index in [9.17, 15) is 4.79 Å². The van der Waals surface area contributed by atoms with E-state index in [1.54, 1.807) is 13.4 Å². The smallest absolute Gasteiger partial charge is 0.230 e. The summed E-state index contributed by atoms with van der Waals surface area (Å²) in [5, 5.41) is 11.7. The molecule has 1 amide bonds. The Hall–Kier alpha value is -1.86. The average molecular weight is 405 g/mol. The zero-order chi connectivity index (χ0) is 20.7. The van der Waals surface area contributed by atoms with E-state index in [0.717, 1.165) is 11.6 Å². The minimum Gasteiger partial charge on any atom is -0.383 e. The summed E-state index contributed by atoms with van der Waals surface area (Å²) >= 11 is 1.39. The second-order valence-electron chi connectivity index (χ2n) is 8.03. The third-order valence-electron chi connectivity index (χ3n) is 4.71. The van der Waals surface area contributed by atoms with Crippen LogP contribution >= 0.6 is 11.8 Å². The van der Waals surface area contributed by atoms with Crippen LogP contribution in [0.2, 0.25) is 0 Å². The highest BCUT2D eigenvalue weighted by Gasteiger charge is 2.16. The Bertz CT molecular complexity index is 773. The summed E-state index contributed by atoms with van der Waals surface area (Å²) in [5.41, 5.74) is 5.40. The highest BCUT2D eigenvalue weighted by Crippen LogP contribution is 2.27. The number of ether oxygens (including phenoxy) is 1. The summed E-state index contributed by atoms with van der Waals surface area (Å²) in [6.07, 6.45) is 2.49. The van der Waals surface area contributed by atoms with Crippen molar-refractivity contribution in [3.05, 3.63) is 40.7 Å². The van der Waals surface area contributed by atoms with E-state index in [2.05, 4.69) is 62.3 Å². The topological polar surface area (TPSA) is 69.0 Å². The molecule has 28 heavy (non-hydrogen) atoms. The van der Waals surface area contributed by atoms with Gasteiger partial charge < -0.3 is 14.6 Å². The number of nitrogens with one attached hydrogen (secondary N) is 1. The number of nitrogens with zero attached hydrogens (tertiary/aromatic N) is 3. The molecule has 0 radical (unpaired) electrons. The molecule has 0 atom stereocenters. The van der Waals surface area contributed by atoms with Crippen molar-refractivity contribution in [1.82, 2.24) is 20.1 Å². The number of carbonyl (C=O) groups excluding carboxylic acids is 1. The minimum absolute atomic E-state index is 0.00732. The summed E-state index contributed by atoms with van der Waals surface area (Å²) in [6.45, 7) is 12.9. The van der Waals surface area contributed by atoms with Crippen LogP contribution in [-0.2, 0) is 27.9 Å². The normalized spacial score (nSPS) is 11.6. The van der Waals surface area contributed by atoms with Crippen LogP contribution in [0.4, 0.5) is 0 Å². The van der Waals surface area contributed by atoms with Crippen LogP contribution in [0.5, 0.6) is 0 Å². The molecular formula is C21H32N4O2S. The lowest BCUT2D eigenvalue weighted by atomic mass is 9.83. The first-order chi connectivity index (χ1) is 13.2. The van der Waals surface area contributed by atoms with E-state index in [4.69, 9.17) is 4.74 Å². The fourth-order valence-corrected chi connectivity index (χ4v) is 3.80. The lowest BCUT2D eigenvalue weighted by molar-refractivity contribution is -0.118. The predicted molar refractivity (Wildman–Crippen MR) is 114 cm³/mol. The number of rotatable bonds is 9. The third-order valence-corrected chi connectivity index (χ3v) is 5.69. The lowest BCUT2D eigenvalue weighted by Crippen LogP contribution is -2.28. The molecule has 2 rings (SSSR count). The first-order valence-corrected chi connectivity index (χ1v) is 10.6. The largest absolute Gasteiger partial charge is 0.383 e. The maximum Gasteiger partial charge on any atom is 0.230 e. The zero-order valence-corrected chi connectivity index (χ0v) is 18.7. The number of aromatic nitrogens is 3. The van der Waals surface area contributed by atoms with Crippen molar-refractivity contribution >= 4 is 17.7 Å². The van der Waals surface area contributed by atoms with Gasteiger partial charge in [0, 0.05) is 20.2 Å². The summed E-state index contributed by atoms with van der Waals surface area (Å²) in [5.74, 6) is 0.333. The summed E-state index contributed by atoms with van der Waals surface area (Å²) in [6, 6.07) is 4.54. The quantitative estimate of drug-likeness (QED) is 0.650. The molecule has 1 heterocycles. The zero-order valence-electron chi connectivity index (χ0n) is 17.8. The Morgan fingerprint density at radius 1 is 1.25 bits per heavy atom. The van der Waals surface area contributed by atoms with Gasteiger partial charge in [-0.05, 0) is 47.9 Å². The molecule has 6 nitrogen and oxygen atoms in total. The number of hydrogen-bond donors (Lipinski definition) is 1. The number of thioether (sulfide) groups is 1. The Labute approximate surface area is 172 Å². The summed E-state index contributed by atoms with van der Waals surface area (Å²) < 4.78 is 6.96. The van der Waals surface area contributed by atoms with E-state index in [0.29, 0.717) is 25.4 Å². The van der Waals surface area contributed by atoms with Gasteiger partial charge in [-0.1, -0.05) is 44.7 Å². The second-order valence-corrected chi connectivity index (χ2v) is 8.97. The Balaban J connectivity index is 1.84. The van der Waals surface area contributed by atoms with Crippen molar-refractivity contribution < 1.29 is 9.53 Å². The molecule has 0 aliphatic heterocycles. The van der Waals surface area contributed by atoms with Crippen molar-refractivity contribution in [2.24, 2.45) is 0 Å². The molecule has 154 valence electrons. The number of methoxy groups -OCH3 is 1. The van der Waals surface area contributed by atoms with Gasteiger partial charge in [0.2, 0.25) is 5.91 Å². The molecular weight excluding hydrogens is 372 g/mol. The van der Waals surface area contributed by atoms with Gasteiger partial charge in [0.25, 0.3) is 0 Å². The maximum atomic E-state index is 12.2. The molecule has 0 bridgehead atoms. The van der Waals surface area contributed by atoms with Crippen LogP contribution in [0.1, 0.15) is 43.0 Å². The SMILES string of the molecule is COCCn1cnnc1SCC(=O)NCCc1c(C)cc(C(C)(C)C)cc1C. The molecule has 0 aliphatic rings. The Morgan fingerprint density at radius 2 is 1.93 bits per heavy atom. The van der Waals surface area contributed by atoms with Crippen molar-refractivity contribution in [2.45, 2.75) is 58.2 Å². The van der Waals surface area contributed by atoms with Gasteiger partial charge in [0.1, 0.15) is 6.33 Å². The van der Waals surface area contributed by atoms with Gasteiger partial charge in [0.15, 0.2) is 5.16 Å². The number of hydrogen-bond acceptors (Lipinski definition) is 5. The third kappa shape index (κ3) is 6.34. The molecule has 0 fully saturated rings. The van der Waals surface area contributed by atoms with E-state index in [1.165, 1.54) is 34.0 Å². The van der Waals surface area contributed by atoms with Crippen LogP contribution in [0, 0.1) is 13.8 Å². The van der Waals surface area contributed by atoms with Crippen LogP contribution in [-0.4, -0.2) is 46.7 Å². The minimum atomic E-state index is 0.00732. The monoisotopic (exact) mass is 404 g/mol. The summed E-state index contributed by atoms with van der Waals surface area (Å²) in [4.78, 5) is 12.2. The first kappa shape index (κ1) is 22.4. The number of carbonyl (C=O) groups is 1. The molecule has 0 unspecified atom stereocenters. The molecule has 0 saturated heterocycles. The van der Waals surface area contributed by atoms with E-state index < -0.39 is 0 Å². The van der Waals surface area contributed by atoms with Gasteiger partial charge in [-0.2, -0.15) is 0 Å². The molecule has 7 heteroatoms. The molecule has 0 saturated carbocycles. The predicted octanol–water partition coefficient (Wildman–Crippen LogP) is 3.29. The van der Waals surface area contributed by atoms with Gasteiger partial charge >= 0.3 is 0 Å². The van der Waals surface area contributed by atoms with Crippen LogP contribution in [0.25, 0.3) is 0 Å². The van der Waals surface area contributed by atoms with Crippen molar-refractivity contribution in [3.63, 3.8) is 0 Å². The van der Waals surface area contributed by atoms with Crippen LogP contribution in [0.3, 0.4) is 0 Å². The fourth-order valence-electron chi connectivity index (χ4n) is 3.03. The molecule has 1 aromatic heterocycles. The van der Waals surface area contributed by atoms with Crippen LogP contribution < -0.4 is 5.32 Å². The highest BCUT2D eigenvalue weighted by atomic mass is 32.2. The molecule has 0 spiro atoms. The van der Waals surface area contributed by atoms with Gasteiger partial charge in [-0.3, -0.25) is 4.79 Å². The fraction of sp³-hybridized carbons (Fsp3) is 0.571. The second kappa shape index (κ2) is 10.1.